The molecule has 0 unspecified atom stereocenters. The van der Waals surface area contributed by atoms with Crippen LogP contribution in [0.2, 0.25) is 0 Å². The lowest BCUT2D eigenvalue weighted by molar-refractivity contribution is 0.101. The smallest absolute Gasteiger partial charge is 0.127 e. The van der Waals surface area contributed by atoms with Crippen LogP contribution in [0.5, 0.6) is 5.75 Å². The molecule has 2 rings (SSSR count). The van der Waals surface area contributed by atoms with Crippen molar-refractivity contribution >= 4 is 16.5 Å². The quantitative estimate of drug-likeness (QED) is 0.627. The standard InChI is InChI=1S/C15H19NO2/c1-2-9-17-10-11-18-15-8-7-14(16)12-5-3-4-6-13(12)15/h3-8H,2,9-11,16H2,1H3. The maximum Gasteiger partial charge on any atom is 0.127 e. The molecule has 0 aliphatic rings. The summed E-state index contributed by atoms with van der Waals surface area (Å²) in [6.07, 6.45) is 1.03. The highest BCUT2D eigenvalue weighted by atomic mass is 16.5. The predicted octanol–water partition coefficient (Wildman–Crippen LogP) is 3.23. The molecule has 0 spiro atoms. The Hall–Kier alpha value is -1.74. The van der Waals surface area contributed by atoms with Crippen molar-refractivity contribution in [1.29, 1.82) is 0 Å². The Labute approximate surface area is 108 Å². The maximum atomic E-state index is 5.94. The van der Waals surface area contributed by atoms with Gasteiger partial charge in [-0.3, -0.25) is 0 Å². The van der Waals surface area contributed by atoms with Gasteiger partial charge in [0.05, 0.1) is 6.61 Å². The SMILES string of the molecule is CCCOCCOc1ccc(N)c2ccccc12. The van der Waals surface area contributed by atoms with Crippen LogP contribution in [-0.4, -0.2) is 19.8 Å². The average Bonchev–Trinajstić information content (AvgIpc) is 2.41. The van der Waals surface area contributed by atoms with Gasteiger partial charge in [0.15, 0.2) is 0 Å². The Kier molecular flexibility index (Phi) is 4.42. The summed E-state index contributed by atoms with van der Waals surface area (Å²) in [4.78, 5) is 0. The average molecular weight is 245 g/mol. The summed E-state index contributed by atoms with van der Waals surface area (Å²) in [5.74, 6) is 0.861. The number of hydrogen-bond donors (Lipinski definition) is 1. The second-order valence-electron chi connectivity index (χ2n) is 4.16. The fourth-order valence-electron chi connectivity index (χ4n) is 1.88. The van der Waals surface area contributed by atoms with Crippen molar-refractivity contribution in [2.75, 3.05) is 25.6 Å². The van der Waals surface area contributed by atoms with E-state index in [0.29, 0.717) is 13.2 Å². The van der Waals surface area contributed by atoms with Crippen molar-refractivity contribution in [1.82, 2.24) is 0 Å². The number of anilines is 1. The minimum absolute atomic E-state index is 0.563. The first-order valence-electron chi connectivity index (χ1n) is 6.30. The van der Waals surface area contributed by atoms with E-state index < -0.39 is 0 Å². The normalized spacial score (nSPS) is 10.7. The van der Waals surface area contributed by atoms with Gasteiger partial charge in [-0.05, 0) is 18.6 Å². The van der Waals surface area contributed by atoms with E-state index in [1.807, 2.05) is 36.4 Å². The van der Waals surface area contributed by atoms with Gasteiger partial charge < -0.3 is 15.2 Å². The molecule has 0 heterocycles. The molecule has 3 nitrogen and oxygen atoms in total. The third kappa shape index (κ3) is 2.93. The molecule has 2 aromatic carbocycles. The number of benzene rings is 2. The Bertz CT molecular complexity index is 511. The third-order valence-corrected chi connectivity index (χ3v) is 2.75. The topological polar surface area (TPSA) is 44.5 Å². The van der Waals surface area contributed by atoms with Crippen molar-refractivity contribution in [2.45, 2.75) is 13.3 Å². The van der Waals surface area contributed by atoms with Gasteiger partial charge in [0.1, 0.15) is 12.4 Å². The van der Waals surface area contributed by atoms with Crippen molar-refractivity contribution in [2.24, 2.45) is 0 Å². The number of ether oxygens (including phenoxy) is 2. The van der Waals surface area contributed by atoms with E-state index in [1.54, 1.807) is 0 Å². The van der Waals surface area contributed by atoms with Crippen molar-refractivity contribution < 1.29 is 9.47 Å². The fourth-order valence-corrected chi connectivity index (χ4v) is 1.88. The molecule has 0 aliphatic carbocycles. The van der Waals surface area contributed by atoms with Crippen LogP contribution >= 0.6 is 0 Å². The zero-order valence-electron chi connectivity index (χ0n) is 10.7. The van der Waals surface area contributed by atoms with Gasteiger partial charge in [-0.25, -0.2) is 0 Å². The van der Waals surface area contributed by atoms with Crippen LogP contribution in [0.4, 0.5) is 5.69 Å². The van der Waals surface area contributed by atoms with Gasteiger partial charge >= 0.3 is 0 Å². The van der Waals surface area contributed by atoms with Gasteiger partial charge in [0.2, 0.25) is 0 Å². The highest BCUT2D eigenvalue weighted by molar-refractivity contribution is 5.96. The van der Waals surface area contributed by atoms with E-state index in [4.69, 9.17) is 15.2 Å². The highest BCUT2D eigenvalue weighted by Crippen LogP contribution is 2.29. The number of hydrogen-bond acceptors (Lipinski definition) is 3. The second kappa shape index (κ2) is 6.26. The molecule has 0 aliphatic heterocycles. The first-order chi connectivity index (χ1) is 8.83. The van der Waals surface area contributed by atoms with Crippen LogP contribution in [0.15, 0.2) is 36.4 Å². The molecule has 0 aromatic heterocycles. The van der Waals surface area contributed by atoms with Crippen molar-refractivity contribution in [3.8, 4) is 5.75 Å². The molecular weight excluding hydrogens is 226 g/mol. The van der Waals surface area contributed by atoms with Crippen LogP contribution in [0.25, 0.3) is 10.8 Å². The summed E-state index contributed by atoms with van der Waals surface area (Å²) in [5, 5.41) is 2.08. The van der Waals surface area contributed by atoms with Gasteiger partial charge in [-0.1, -0.05) is 31.2 Å². The van der Waals surface area contributed by atoms with E-state index in [1.165, 1.54) is 0 Å². The predicted molar refractivity (Wildman–Crippen MR) is 75.0 cm³/mol. The second-order valence-corrected chi connectivity index (χ2v) is 4.16. The van der Waals surface area contributed by atoms with Gasteiger partial charge in [0.25, 0.3) is 0 Å². The minimum atomic E-state index is 0.563. The molecule has 2 N–H and O–H groups in total. The Morgan fingerprint density at radius 2 is 1.72 bits per heavy atom. The largest absolute Gasteiger partial charge is 0.491 e. The van der Waals surface area contributed by atoms with Crippen molar-refractivity contribution in [3.05, 3.63) is 36.4 Å². The van der Waals surface area contributed by atoms with E-state index >= 15 is 0 Å². The summed E-state index contributed by atoms with van der Waals surface area (Å²) in [7, 11) is 0. The molecule has 0 saturated carbocycles. The van der Waals surface area contributed by atoms with Crippen LogP contribution < -0.4 is 10.5 Å². The third-order valence-electron chi connectivity index (χ3n) is 2.75. The molecule has 3 heteroatoms. The first kappa shape index (κ1) is 12.7. The molecule has 96 valence electrons. The summed E-state index contributed by atoms with van der Waals surface area (Å²) >= 11 is 0. The zero-order chi connectivity index (χ0) is 12.8. The summed E-state index contributed by atoms with van der Waals surface area (Å²) < 4.78 is 11.1. The lowest BCUT2D eigenvalue weighted by atomic mass is 10.1. The van der Waals surface area contributed by atoms with E-state index in [0.717, 1.165) is 35.2 Å². The molecule has 0 amide bonds. The molecule has 0 fully saturated rings. The maximum absolute atomic E-state index is 5.94. The summed E-state index contributed by atoms with van der Waals surface area (Å²) in [6.45, 7) is 4.06. The number of rotatable bonds is 6. The lowest BCUT2D eigenvalue weighted by Crippen LogP contribution is -2.07. The van der Waals surface area contributed by atoms with E-state index in [-0.39, 0.29) is 0 Å². The van der Waals surface area contributed by atoms with Crippen LogP contribution in [0.1, 0.15) is 13.3 Å². The molecule has 0 radical (unpaired) electrons. The molecule has 18 heavy (non-hydrogen) atoms. The fraction of sp³-hybridized carbons (Fsp3) is 0.333. The number of nitrogen functional groups attached to an aromatic ring is 1. The van der Waals surface area contributed by atoms with E-state index in [2.05, 4.69) is 6.92 Å². The van der Waals surface area contributed by atoms with Gasteiger partial charge in [-0.2, -0.15) is 0 Å². The monoisotopic (exact) mass is 245 g/mol. The molecular formula is C15H19NO2. The number of fused-ring (bicyclic) bond motifs is 1. The zero-order valence-corrected chi connectivity index (χ0v) is 10.7. The molecule has 0 saturated heterocycles. The molecule has 0 bridgehead atoms. The highest BCUT2D eigenvalue weighted by Gasteiger charge is 2.04. The van der Waals surface area contributed by atoms with Gasteiger partial charge in [-0.15, -0.1) is 0 Å². The lowest BCUT2D eigenvalue weighted by Gasteiger charge is -2.10. The summed E-state index contributed by atoms with van der Waals surface area (Å²) in [5.41, 5.74) is 6.72. The van der Waals surface area contributed by atoms with Crippen molar-refractivity contribution in [3.63, 3.8) is 0 Å². The van der Waals surface area contributed by atoms with Crippen LogP contribution in [-0.2, 0) is 4.74 Å². The van der Waals surface area contributed by atoms with Crippen LogP contribution in [0.3, 0.4) is 0 Å². The number of nitrogens with two attached hydrogens (primary N) is 1. The summed E-state index contributed by atoms with van der Waals surface area (Å²) in [6, 6.07) is 11.8. The Morgan fingerprint density at radius 1 is 0.944 bits per heavy atom. The first-order valence-corrected chi connectivity index (χ1v) is 6.30. The molecule has 2 aromatic rings. The Morgan fingerprint density at radius 3 is 2.50 bits per heavy atom. The minimum Gasteiger partial charge on any atom is -0.491 e. The molecule has 0 atom stereocenters. The van der Waals surface area contributed by atoms with E-state index in [9.17, 15) is 0 Å². The van der Waals surface area contributed by atoms with Gasteiger partial charge in [0, 0.05) is 23.1 Å². The van der Waals surface area contributed by atoms with Crippen LogP contribution in [0, 0.1) is 0 Å². The Balaban J connectivity index is 2.07.